The number of sulfonamides is 1. The third-order valence-electron chi connectivity index (χ3n) is 1.30. The Hall–Kier alpha value is -1.02. The van der Waals surface area contributed by atoms with Gasteiger partial charge in [0, 0.05) is 12.3 Å². The van der Waals surface area contributed by atoms with Gasteiger partial charge in [-0.1, -0.05) is 13.8 Å². The molecular weight excluding hydrogens is 190 g/mol. The van der Waals surface area contributed by atoms with Crippen LogP contribution < -0.4 is 4.72 Å². The van der Waals surface area contributed by atoms with Gasteiger partial charge in [-0.3, -0.25) is 9.52 Å². The van der Waals surface area contributed by atoms with Gasteiger partial charge < -0.3 is 0 Å². The molecule has 0 spiro atoms. The molecule has 5 heteroatoms. The van der Waals surface area contributed by atoms with E-state index in [1.807, 2.05) is 4.72 Å². The predicted molar refractivity (Wildman–Crippen MR) is 50.2 cm³/mol. The summed E-state index contributed by atoms with van der Waals surface area (Å²) in [6, 6.07) is 0. The molecule has 74 valence electrons. The lowest BCUT2D eigenvalue weighted by atomic mass is 10.2. The van der Waals surface area contributed by atoms with Gasteiger partial charge in [0.2, 0.25) is 15.9 Å². The average molecular weight is 203 g/mol. The van der Waals surface area contributed by atoms with Crippen molar-refractivity contribution in [3.05, 3.63) is 0 Å². The summed E-state index contributed by atoms with van der Waals surface area (Å²) in [6.45, 7) is 3.23. The van der Waals surface area contributed by atoms with Crippen LogP contribution in [0, 0.1) is 18.3 Å². The largest absolute Gasteiger partial charge is 0.274 e. The molecule has 0 unspecified atom stereocenters. The first-order valence-corrected chi connectivity index (χ1v) is 5.52. The maximum atomic E-state index is 11.1. The van der Waals surface area contributed by atoms with Gasteiger partial charge in [-0.2, -0.15) is 0 Å². The lowest BCUT2D eigenvalue weighted by molar-refractivity contribution is -0.122. The van der Waals surface area contributed by atoms with Gasteiger partial charge in [-0.25, -0.2) is 8.42 Å². The van der Waals surface area contributed by atoms with E-state index in [2.05, 4.69) is 5.92 Å². The number of terminal acetylenes is 1. The van der Waals surface area contributed by atoms with Gasteiger partial charge in [-0.15, -0.1) is 12.3 Å². The van der Waals surface area contributed by atoms with Crippen LogP contribution in [0.4, 0.5) is 0 Å². The van der Waals surface area contributed by atoms with Gasteiger partial charge >= 0.3 is 0 Å². The zero-order valence-electron chi connectivity index (χ0n) is 7.70. The van der Waals surface area contributed by atoms with E-state index in [9.17, 15) is 13.2 Å². The third-order valence-corrected chi connectivity index (χ3v) is 2.55. The number of nitrogens with one attached hydrogen (secondary N) is 1. The lowest BCUT2D eigenvalue weighted by Crippen LogP contribution is -2.35. The van der Waals surface area contributed by atoms with Crippen LogP contribution in [-0.2, 0) is 14.8 Å². The molecule has 0 fully saturated rings. The van der Waals surface area contributed by atoms with E-state index in [0.717, 1.165) is 0 Å². The van der Waals surface area contributed by atoms with Crippen LogP contribution in [0.15, 0.2) is 0 Å². The second-order valence-corrected chi connectivity index (χ2v) is 4.74. The van der Waals surface area contributed by atoms with Crippen molar-refractivity contribution in [3.63, 3.8) is 0 Å². The van der Waals surface area contributed by atoms with E-state index in [-0.39, 0.29) is 18.1 Å². The predicted octanol–water partition coefficient (Wildman–Crippen LogP) is 0.112. The molecular formula is C8H13NO3S. The SMILES string of the molecule is C#CCCS(=O)(=O)NC(=O)C(C)C. The van der Waals surface area contributed by atoms with Crippen LogP contribution in [0.25, 0.3) is 0 Å². The fourth-order valence-electron chi connectivity index (χ4n) is 0.515. The highest BCUT2D eigenvalue weighted by Crippen LogP contribution is 1.95. The lowest BCUT2D eigenvalue weighted by Gasteiger charge is -2.06. The first kappa shape index (κ1) is 12.0. The molecule has 1 N–H and O–H groups in total. The topological polar surface area (TPSA) is 63.2 Å². The van der Waals surface area contributed by atoms with Crippen LogP contribution >= 0.6 is 0 Å². The Morgan fingerprint density at radius 1 is 1.54 bits per heavy atom. The molecule has 0 aromatic rings. The number of rotatable bonds is 4. The Morgan fingerprint density at radius 2 is 2.08 bits per heavy atom. The first-order valence-electron chi connectivity index (χ1n) is 3.87. The van der Waals surface area contributed by atoms with Crippen molar-refractivity contribution in [1.29, 1.82) is 0 Å². The summed E-state index contributed by atoms with van der Waals surface area (Å²) in [6.07, 6.45) is 5.01. The van der Waals surface area contributed by atoms with Crippen molar-refractivity contribution in [1.82, 2.24) is 4.72 Å². The summed E-state index contributed by atoms with van der Waals surface area (Å²) < 4.78 is 24.1. The van der Waals surface area contributed by atoms with Gasteiger partial charge in [-0.05, 0) is 0 Å². The standard InChI is InChI=1S/C8H13NO3S/c1-4-5-6-13(11,12)9-8(10)7(2)3/h1,7H,5-6H2,2-3H3,(H,9,10). The van der Waals surface area contributed by atoms with Gasteiger partial charge in [0.15, 0.2) is 0 Å². The summed E-state index contributed by atoms with van der Waals surface area (Å²) in [5, 5.41) is 0. The van der Waals surface area contributed by atoms with E-state index in [4.69, 9.17) is 6.42 Å². The molecule has 0 aromatic heterocycles. The van der Waals surface area contributed by atoms with Crippen molar-refractivity contribution < 1.29 is 13.2 Å². The molecule has 0 heterocycles. The van der Waals surface area contributed by atoms with Crippen molar-refractivity contribution >= 4 is 15.9 Å². The summed E-state index contributed by atoms with van der Waals surface area (Å²) in [5.74, 6) is 1.14. The molecule has 0 bridgehead atoms. The second-order valence-electron chi connectivity index (χ2n) is 2.89. The van der Waals surface area contributed by atoms with E-state index in [1.165, 1.54) is 0 Å². The van der Waals surface area contributed by atoms with Gasteiger partial charge in [0.25, 0.3) is 0 Å². The summed E-state index contributed by atoms with van der Waals surface area (Å²) in [4.78, 5) is 11.0. The highest BCUT2D eigenvalue weighted by Gasteiger charge is 2.15. The van der Waals surface area contributed by atoms with Crippen molar-refractivity contribution in [3.8, 4) is 12.3 Å². The van der Waals surface area contributed by atoms with Crippen molar-refractivity contribution in [2.45, 2.75) is 20.3 Å². The van der Waals surface area contributed by atoms with Crippen LogP contribution in [-0.4, -0.2) is 20.1 Å². The summed E-state index contributed by atoms with van der Waals surface area (Å²) >= 11 is 0. The monoisotopic (exact) mass is 203 g/mol. The van der Waals surface area contributed by atoms with E-state index in [0.29, 0.717) is 0 Å². The molecule has 13 heavy (non-hydrogen) atoms. The minimum absolute atomic E-state index is 0.112. The molecule has 0 saturated heterocycles. The average Bonchev–Trinajstić information content (AvgIpc) is 2.00. The van der Waals surface area contributed by atoms with Crippen molar-refractivity contribution in [2.24, 2.45) is 5.92 Å². The number of carbonyl (C=O) groups is 1. The van der Waals surface area contributed by atoms with Gasteiger partial charge in [0.05, 0.1) is 5.75 Å². The number of hydrogen-bond donors (Lipinski definition) is 1. The summed E-state index contributed by atoms with van der Waals surface area (Å²) in [7, 11) is -3.53. The Balaban J connectivity index is 4.20. The molecule has 1 amide bonds. The van der Waals surface area contributed by atoms with Crippen LogP contribution in [0.2, 0.25) is 0 Å². The molecule has 0 rings (SSSR count). The second kappa shape index (κ2) is 4.87. The Kier molecular flexibility index (Phi) is 4.49. The highest BCUT2D eigenvalue weighted by atomic mass is 32.2. The van der Waals surface area contributed by atoms with Gasteiger partial charge in [0.1, 0.15) is 0 Å². The molecule has 0 radical (unpaired) electrons. The molecule has 0 aliphatic rings. The Bertz CT molecular complexity index is 311. The number of carbonyl (C=O) groups excluding carboxylic acids is 1. The molecule has 0 aromatic carbocycles. The molecule has 0 saturated carbocycles. The number of amides is 1. The fraction of sp³-hybridized carbons (Fsp3) is 0.625. The summed E-state index contributed by atoms with van der Waals surface area (Å²) in [5.41, 5.74) is 0. The van der Waals surface area contributed by atoms with E-state index in [1.54, 1.807) is 13.8 Å². The number of hydrogen-bond acceptors (Lipinski definition) is 3. The first-order chi connectivity index (χ1) is 5.89. The molecule has 0 aliphatic heterocycles. The van der Waals surface area contributed by atoms with Crippen LogP contribution in [0.3, 0.4) is 0 Å². The zero-order chi connectivity index (χ0) is 10.5. The quantitative estimate of drug-likeness (QED) is 0.660. The molecule has 0 atom stereocenters. The van der Waals surface area contributed by atoms with Crippen molar-refractivity contribution in [2.75, 3.05) is 5.75 Å². The normalized spacial score (nSPS) is 10.9. The van der Waals surface area contributed by atoms with E-state index < -0.39 is 15.9 Å². The Morgan fingerprint density at radius 3 is 2.46 bits per heavy atom. The highest BCUT2D eigenvalue weighted by molar-refractivity contribution is 7.90. The zero-order valence-corrected chi connectivity index (χ0v) is 8.52. The Labute approximate surface area is 78.8 Å². The van der Waals surface area contributed by atoms with Crippen LogP contribution in [0.5, 0.6) is 0 Å². The maximum absolute atomic E-state index is 11.1. The minimum atomic E-state index is -3.53. The maximum Gasteiger partial charge on any atom is 0.235 e. The van der Waals surface area contributed by atoms with Crippen LogP contribution in [0.1, 0.15) is 20.3 Å². The smallest absolute Gasteiger partial charge is 0.235 e. The third kappa shape index (κ3) is 5.26. The molecule has 4 nitrogen and oxygen atoms in total. The minimum Gasteiger partial charge on any atom is -0.274 e. The molecule has 0 aliphatic carbocycles. The fourth-order valence-corrected chi connectivity index (χ4v) is 1.55. The van der Waals surface area contributed by atoms with E-state index >= 15 is 0 Å².